The molecule has 10 rings (SSSR count). The second-order valence-corrected chi connectivity index (χ2v) is 26.8. The van der Waals surface area contributed by atoms with Gasteiger partial charge in [-0.3, -0.25) is 9.59 Å². The highest BCUT2D eigenvalue weighted by molar-refractivity contribution is 5.95. The zero-order valence-electron chi connectivity index (χ0n) is 52.4. The van der Waals surface area contributed by atoms with Gasteiger partial charge in [-0.15, -0.1) is 19.7 Å². The lowest BCUT2D eigenvalue weighted by Crippen LogP contribution is -2.37. The van der Waals surface area contributed by atoms with Crippen LogP contribution < -0.4 is 0 Å². The van der Waals surface area contributed by atoms with E-state index in [1.165, 1.54) is 209 Å². The molecule has 0 unspecified atom stereocenters. The second kappa shape index (κ2) is 32.0. The van der Waals surface area contributed by atoms with Crippen molar-refractivity contribution < 1.29 is 33.3 Å². The van der Waals surface area contributed by atoms with E-state index in [2.05, 4.69) is 63.3 Å². The van der Waals surface area contributed by atoms with Crippen molar-refractivity contribution in [2.24, 2.45) is 27.1 Å². The number of hydrogen-bond donors (Lipinski definition) is 0. The fourth-order valence-corrected chi connectivity index (χ4v) is 16.2. The van der Waals surface area contributed by atoms with Crippen LogP contribution in [0.2, 0.25) is 0 Å². The molecule has 0 amide bonds. The third kappa shape index (κ3) is 18.9. The molecule has 0 saturated heterocycles. The van der Waals surface area contributed by atoms with E-state index in [0.29, 0.717) is 64.9 Å². The highest BCUT2D eigenvalue weighted by Crippen LogP contribution is 2.53. The molecule has 0 radical (unpaired) electrons. The standard InChI is InChI=1S/C18H28O2.2C15H22O.C14H24O2.C12H18O/c1-4-13-19-17(3,20-14-5-2)16-9-8-12-18(15-16)10-6-7-11-18;1-3-11-16-13(2)14-7-6-10-15(12-14)8-4-5-9-15;1-2-3-8-14(16)13-7-6-11-15(12-13)9-4-5-10-15;1-13(15-2,16-3)12-7-6-10-14(11-12)8-4-5-9-14;1-10(13)11-5-4-8-12(9-11)6-2-3-7-12/h4-5,15H,1-2,6-14H2,3H3;3,12H,1-2,4-11H2;2,12H,1,3-11H2;11H,4-10H2,1-3H3;9H,2-8H2,1H3. The highest BCUT2D eigenvalue weighted by atomic mass is 16.7. The van der Waals surface area contributed by atoms with Crippen LogP contribution in [0.3, 0.4) is 0 Å². The van der Waals surface area contributed by atoms with Crippen molar-refractivity contribution in [1.29, 1.82) is 0 Å². The van der Waals surface area contributed by atoms with Gasteiger partial charge in [-0.2, -0.15) is 0 Å². The second-order valence-electron chi connectivity index (χ2n) is 26.8. The predicted molar refractivity (Wildman–Crippen MR) is 338 cm³/mol. The quantitative estimate of drug-likeness (QED) is 0.0724. The predicted octanol–water partition coefficient (Wildman–Crippen LogP) is 20.3. The number of methoxy groups -OCH3 is 2. The molecule has 0 aliphatic heterocycles. The molecular weight excluding hydrogens is 1000 g/mol. The molecule has 0 bridgehead atoms. The molecule has 10 aliphatic carbocycles. The summed E-state index contributed by atoms with van der Waals surface area (Å²) in [6, 6.07) is 0. The Labute approximate surface area is 494 Å². The third-order valence-electron chi connectivity index (χ3n) is 21.0. The largest absolute Gasteiger partial charge is 0.490 e. The summed E-state index contributed by atoms with van der Waals surface area (Å²) >= 11 is 0. The summed E-state index contributed by atoms with van der Waals surface area (Å²) in [5, 5.41) is 0. The maximum Gasteiger partial charge on any atom is 0.188 e. The summed E-state index contributed by atoms with van der Waals surface area (Å²) in [6.45, 7) is 26.2. The molecule has 0 aromatic carbocycles. The Morgan fingerprint density at radius 1 is 0.444 bits per heavy atom. The molecule has 7 heteroatoms. The van der Waals surface area contributed by atoms with Gasteiger partial charge >= 0.3 is 0 Å². The van der Waals surface area contributed by atoms with Crippen molar-refractivity contribution in [3.63, 3.8) is 0 Å². The summed E-state index contributed by atoms with van der Waals surface area (Å²) in [7, 11) is 3.47. The van der Waals surface area contributed by atoms with Gasteiger partial charge in [-0.05, 0) is 243 Å². The monoisotopic (exact) mass is 1110 g/mol. The van der Waals surface area contributed by atoms with Crippen molar-refractivity contribution in [2.45, 2.75) is 270 Å². The van der Waals surface area contributed by atoms with Crippen LogP contribution in [-0.2, 0) is 33.3 Å². The fourth-order valence-electron chi connectivity index (χ4n) is 16.2. The maximum atomic E-state index is 12.0. The summed E-state index contributed by atoms with van der Waals surface area (Å²) in [4.78, 5) is 23.3. The SMILES string of the molecule is C=CCCC(=O)C1=CC2(CCCC2)CCC1.C=CCOC(=C)C1=CC2(CCCC2)CCC1.C=CCOC(C)(OCC=C)C1=CC2(CCCC2)CCC1.CC(=O)C1=CC2(CCCC2)CCC1.COC(C)(OC)C1=CC2(CCCC2)CCC1. The van der Waals surface area contributed by atoms with Crippen LogP contribution in [0.5, 0.6) is 0 Å². The molecule has 0 N–H and O–H groups in total. The number of allylic oxidation sites excluding steroid dienone is 9. The van der Waals surface area contributed by atoms with Gasteiger partial charge in [0.2, 0.25) is 0 Å². The first-order chi connectivity index (χ1) is 39.0. The minimum absolute atomic E-state index is 0.297. The van der Waals surface area contributed by atoms with Gasteiger partial charge in [-0.25, -0.2) is 0 Å². The first kappa shape index (κ1) is 66.5. The lowest BCUT2D eigenvalue weighted by molar-refractivity contribution is -0.189. The van der Waals surface area contributed by atoms with Crippen molar-refractivity contribution in [3.05, 3.63) is 121 Å². The summed E-state index contributed by atoms with van der Waals surface area (Å²) in [5.74, 6) is 0.400. The van der Waals surface area contributed by atoms with Crippen molar-refractivity contribution >= 4 is 11.6 Å². The van der Waals surface area contributed by atoms with Gasteiger partial charge in [0, 0.05) is 20.6 Å². The number of Topliss-reactive ketones (excluding diaryl/α,β-unsaturated/α-hetero) is 2. The van der Waals surface area contributed by atoms with Crippen LogP contribution in [0.25, 0.3) is 0 Å². The van der Waals surface area contributed by atoms with Gasteiger partial charge in [0.05, 0.1) is 13.2 Å². The Morgan fingerprint density at radius 3 is 1.14 bits per heavy atom. The van der Waals surface area contributed by atoms with Gasteiger partial charge in [0.1, 0.15) is 12.4 Å². The van der Waals surface area contributed by atoms with E-state index in [0.717, 1.165) is 55.4 Å². The highest BCUT2D eigenvalue weighted by Gasteiger charge is 2.42. The van der Waals surface area contributed by atoms with Crippen molar-refractivity contribution in [2.75, 3.05) is 34.0 Å². The molecule has 10 aliphatic rings. The van der Waals surface area contributed by atoms with Crippen LogP contribution in [0.15, 0.2) is 121 Å². The smallest absolute Gasteiger partial charge is 0.188 e. The molecule has 452 valence electrons. The zero-order valence-corrected chi connectivity index (χ0v) is 52.4. The van der Waals surface area contributed by atoms with Crippen molar-refractivity contribution in [1.82, 2.24) is 0 Å². The molecule has 0 atom stereocenters. The molecular formula is C74H114O7. The first-order valence-electron chi connectivity index (χ1n) is 32.8. The number of ketones is 2. The van der Waals surface area contributed by atoms with Crippen LogP contribution in [-0.4, -0.2) is 57.2 Å². The number of hydrogen-bond acceptors (Lipinski definition) is 7. The minimum Gasteiger partial charge on any atom is -0.490 e. The Bertz CT molecular complexity index is 2150. The molecule has 5 saturated carbocycles. The Balaban J connectivity index is 0.000000164. The van der Waals surface area contributed by atoms with E-state index in [1.807, 2.05) is 19.9 Å². The van der Waals surface area contributed by atoms with Gasteiger partial charge in [0.15, 0.2) is 23.1 Å². The van der Waals surface area contributed by atoms with Crippen LogP contribution in [0.1, 0.15) is 258 Å². The van der Waals surface area contributed by atoms with E-state index >= 15 is 0 Å². The number of carbonyl (C=O) groups excluding carboxylic acids is 2. The average Bonchev–Trinajstić information content (AvgIpc) is 4.42. The van der Waals surface area contributed by atoms with Gasteiger partial charge in [0.25, 0.3) is 0 Å². The number of ether oxygens (including phenoxy) is 5. The molecule has 0 aromatic rings. The number of carbonyl (C=O) groups is 2. The van der Waals surface area contributed by atoms with E-state index in [-0.39, 0.29) is 0 Å². The normalized spacial score (nSPS) is 23.5. The van der Waals surface area contributed by atoms with Gasteiger partial charge in [-0.1, -0.05) is 132 Å². The maximum absolute atomic E-state index is 12.0. The van der Waals surface area contributed by atoms with Crippen molar-refractivity contribution in [3.8, 4) is 0 Å². The first-order valence-corrected chi connectivity index (χ1v) is 32.8. The third-order valence-corrected chi connectivity index (χ3v) is 21.0. The molecule has 5 spiro atoms. The van der Waals surface area contributed by atoms with E-state index < -0.39 is 11.6 Å². The van der Waals surface area contributed by atoms with Crippen LogP contribution in [0, 0.1) is 27.1 Å². The van der Waals surface area contributed by atoms with Crippen LogP contribution in [0.4, 0.5) is 0 Å². The van der Waals surface area contributed by atoms with E-state index in [9.17, 15) is 9.59 Å². The Morgan fingerprint density at radius 2 is 0.765 bits per heavy atom. The lowest BCUT2D eigenvalue weighted by Gasteiger charge is -2.39. The van der Waals surface area contributed by atoms with Gasteiger partial charge < -0.3 is 23.7 Å². The molecule has 81 heavy (non-hydrogen) atoms. The Hall–Kier alpha value is -3.62. The van der Waals surface area contributed by atoms with E-state index in [4.69, 9.17) is 23.7 Å². The topological polar surface area (TPSA) is 80.3 Å². The van der Waals surface area contributed by atoms with Crippen LogP contribution >= 0.6 is 0 Å². The lowest BCUT2D eigenvalue weighted by atomic mass is 9.73. The molecule has 5 fully saturated rings. The summed E-state index contributed by atoms with van der Waals surface area (Å²) in [5.41, 5.74) is 8.48. The average molecular weight is 1120 g/mol. The Kier molecular flexibility index (Phi) is 26.3. The molecule has 0 heterocycles. The molecule has 0 aromatic heterocycles. The van der Waals surface area contributed by atoms with E-state index in [1.54, 1.807) is 39.4 Å². The number of rotatable bonds is 19. The summed E-state index contributed by atoms with van der Waals surface area (Å²) < 4.78 is 28.6. The minimum atomic E-state index is -0.627. The molecule has 7 nitrogen and oxygen atoms in total. The fraction of sp³-hybridized carbons (Fsp3) is 0.703. The zero-order chi connectivity index (χ0) is 58.3. The summed E-state index contributed by atoms with van der Waals surface area (Å²) in [6.07, 6.45) is 66.2.